The monoisotopic (exact) mass is 349 g/mol. The number of nitrogens with zero attached hydrogens (tertiary/aromatic N) is 4. The van der Waals surface area contributed by atoms with Gasteiger partial charge in [0.1, 0.15) is 18.1 Å². The average Bonchev–Trinajstić information content (AvgIpc) is 3.03. The Morgan fingerprint density at radius 1 is 1.28 bits per heavy atom. The predicted molar refractivity (Wildman–Crippen MR) is 86.3 cm³/mol. The zero-order chi connectivity index (χ0) is 18.6. The molecule has 132 valence electrons. The van der Waals surface area contributed by atoms with Gasteiger partial charge in [-0.05, 0) is 0 Å². The minimum absolute atomic E-state index is 0.117. The van der Waals surface area contributed by atoms with E-state index in [-0.39, 0.29) is 29.4 Å². The van der Waals surface area contributed by atoms with Gasteiger partial charge >= 0.3 is 5.69 Å². The van der Waals surface area contributed by atoms with E-state index >= 15 is 0 Å². The number of rotatable bonds is 7. The summed E-state index contributed by atoms with van der Waals surface area (Å²) in [6.07, 6.45) is 2.32. The van der Waals surface area contributed by atoms with E-state index < -0.39 is 21.7 Å². The van der Waals surface area contributed by atoms with Crippen LogP contribution in [0.2, 0.25) is 0 Å². The van der Waals surface area contributed by atoms with Crippen molar-refractivity contribution in [2.45, 2.75) is 13.5 Å². The molecule has 1 heterocycles. The van der Waals surface area contributed by atoms with Crippen LogP contribution in [0.25, 0.3) is 0 Å². The number of benzene rings is 1. The van der Waals surface area contributed by atoms with Gasteiger partial charge in [0.05, 0.1) is 41.2 Å². The largest absolute Gasteiger partial charge is 0.496 e. The number of nitro benzene ring substituents is 1. The van der Waals surface area contributed by atoms with E-state index in [4.69, 9.17) is 4.74 Å². The number of nitrogens with one attached hydrogen (secondary N) is 1. The summed E-state index contributed by atoms with van der Waals surface area (Å²) in [5, 5.41) is 27.9. The van der Waals surface area contributed by atoms with Gasteiger partial charge in [0.25, 0.3) is 5.69 Å². The maximum absolute atomic E-state index is 12.2. The van der Waals surface area contributed by atoms with Crippen molar-refractivity contribution in [3.8, 4) is 5.75 Å². The van der Waals surface area contributed by atoms with E-state index in [9.17, 15) is 25.0 Å². The number of amides is 1. The summed E-state index contributed by atoms with van der Waals surface area (Å²) in [5.41, 5.74) is -0.171. The van der Waals surface area contributed by atoms with Gasteiger partial charge in [-0.15, -0.1) is 0 Å². The lowest BCUT2D eigenvalue weighted by Crippen LogP contribution is -2.24. The quantitative estimate of drug-likeness (QED) is 0.594. The molecule has 1 aromatic carbocycles. The van der Waals surface area contributed by atoms with E-state index in [0.29, 0.717) is 0 Å². The molecule has 0 fully saturated rings. The van der Waals surface area contributed by atoms with Crippen molar-refractivity contribution in [3.63, 3.8) is 0 Å². The standard InChI is InChI=1S/C14H15N5O6/c1-9(7-17-8-12(6-15-17)19(23)24)14(20)16-10-3-11(18(21)22)5-13(4-10)25-2/h3-6,8-9H,7H2,1-2H3,(H,16,20). The number of carbonyl (C=O) groups excluding carboxylic acids is 1. The van der Waals surface area contributed by atoms with Gasteiger partial charge in [0.2, 0.25) is 5.91 Å². The van der Waals surface area contributed by atoms with E-state index in [2.05, 4.69) is 10.4 Å². The van der Waals surface area contributed by atoms with Crippen LogP contribution in [0.15, 0.2) is 30.6 Å². The lowest BCUT2D eigenvalue weighted by molar-refractivity contribution is -0.385. The van der Waals surface area contributed by atoms with Crippen LogP contribution >= 0.6 is 0 Å². The Morgan fingerprint density at radius 3 is 2.52 bits per heavy atom. The second kappa shape index (κ2) is 7.38. The first-order valence-electron chi connectivity index (χ1n) is 7.11. The molecule has 0 bridgehead atoms. The molecule has 11 heteroatoms. The van der Waals surface area contributed by atoms with Gasteiger partial charge in [-0.25, -0.2) is 0 Å². The first kappa shape index (κ1) is 17.8. The minimum Gasteiger partial charge on any atom is -0.496 e. The van der Waals surface area contributed by atoms with Crippen molar-refractivity contribution in [2.24, 2.45) is 5.92 Å². The molecule has 0 saturated heterocycles. The van der Waals surface area contributed by atoms with Crippen LogP contribution in [-0.4, -0.2) is 32.6 Å². The number of ether oxygens (including phenoxy) is 1. The molecule has 0 aliphatic rings. The first-order valence-corrected chi connectivity index (χ1v) is 7.11. The minimum atomic E-state index is -0.593. The molecule has 1 amide bonds. The molecule has 0 saturated carbocycles. The van der Waals surface area contributed by atoms with Gasteiger partial charge in [0, 0.05) is 12.1 Å². The molecule has 11 nitrogen and oxygen atoms in total. The van der Waals surface area contributed by atoms with Crippen molar-refractivity contribution < 1.29 is 19.4 Å². The summed E-state index contributed by atoms with van der Waals surface area (Å²) >= 11 is 0. The number of hydrogen-bond acceptors (Lipinski definition) is 7. The maximum Gasteiger partial charge on any atom is 0.306 e. The van der Waals surface area contributed by atoms with Crippen LogP contribution in [0, 0.1) is 26.1 Å². The molecular weight excluding hydrogens is 334 g/mol. The van der Waals surface area contributed by atoms with Gasteiger partial charge < -0.3 is 10.1 Å². The Bertz CT molecular complexity index is 818. The third-order valence-corrected chi connectivity index (χ3v) is 3.34. The number of carbonyl (C=O) groups is 1. The molecule has 0 aliphatic heterocycles. The van der Waals surface area contributed by atoms with Crippen molar-refractivity contribution in [1.82, 2.24) is 9.78 Å². The molecule has 1 unspecified atom stereocenters. The fourth-order valence-electron chi connectivity index (χ4n) is 2.05. The molecule has 25 heavy (non-hydrogen) atoms. The van der Waals surface area contributed by atoms with Crippen molar-refractivity contribution in [2.75, 3.05) is 12.4 Å². The average molecular weight is 349 g/mol. The molecule has 1 atom stereocenters. The van der Waals surface area contributed by atoms with Gasteiger partial charge in [0.15, 0.2) is 0 Å². The molecule has 2 rings (SSSR count). The van der Waals surface area contributed by atoms with Crippen LogP contribution < -0.4 is 10.1 Å². The van der Waals surface area contributed by atoms with E-state index in [0.717, 1.165) is 6.20 Å². The van der Waals surface area contributed by atoms with Gasteiger partial charge in [-0.3, -0.25) is 29.7 Å². The number of hydrogen-bond donors (Lipinski definition) is 1. The lowest BCUT2D eigenvalue weighted by atomic mass is 10.1. The van der Waals surface area contributed by atoms with Crippen molar-refractivity contribution in [3.05, 3.63) is 50.8 Å². The molecule has 0 radical (unpaired) electrons. The fraction of sp³-hybridized carbons (Fsp3) is 0.286. The Hall–Kier alpha value is -3.50. The molecule has 2 aromatic rings. The summed E-state index contributed by atoms with van der Waals surface area (Å²) in [5.74, 6) is -0.759. The Kier molecular flexibility index (Phi) is 5.27. The Morgan fingerprint density at radius 2 is 1.96 bits per heavy atom. The number of non-ortho nitro benzene ring substituents is 1. The topological polar surface area (TPSA) is 142 Å². The zero-order valence-corrected chi connectivity index (χ0v) is 13.4. The SMILES string of the molecule is COc1cc(NC(=O)C(C)Cn2cc([N+](=O)[O-])cn2)cc([N+](=O)[O-])c1. The molecule has 1 N–H and O–H groups in total. The highest BCUT2D eigenvalue weighted by Crippen LogP contribution is 2.26. The number of nitro groups is 2. The van der Waals surface area contributed by atoms with E-state index in [1.54, 1.807) is 6.92 Å². The predicted octanol–water partition coefficient (Wildman–Crippen LogP) is 1.98. The van der Waals surface area contributed by atoms with Crippen LogP contribution in [0.4, 0.5) is 17.1 Å². The van der Waals surface area contributed by atoms with Crippen molar-refractivity contribution >= 4 is 23.0 Å². The van der Waals surface area contributed by atoms with Crippen LogP contribution in [0.3, 0.4) is 0 Å². The fourth-order valence-corrected chi connectivity index (χ4v) is 2.05. The second-order valence-corrected chi connectivity index (χ2v) is 5.24. The highest BCUT2D eigenvalue weighted by atomic mass is 16.6. The molecule has 0 aliphatic carbocycles. The van der Waals surface area contributed by atoms with E-state index in [1.165, 1.54) is 36.2 Å². The van der Waals surface area contributed by atoms with Gasteiger partial charge in [-0.2, -0.15) is 5.10 Å². The smallest absolute Gasteiger partial charge is 0.306 e. The third-order valence-electron chi connectivity index (χ3n) is 3.34. The van der Waals surface area contributed by atoms with Crippen LogP contribution in [0.1, 0.15) is 6.92 Å². The van der Waals surface area contributed by atoms with Crippen molar-refractivity contribution in [1.29, 1.82) is 0 Å². The molecule has 1 aromatic heterocycles. The summed E-state index contributed by atoms with van der Waals surface area (Å²) in [7, 11) is 1.36. The highest BCUT2D eigenvalue weighted by Gasteiger charge is 2.18. The second-order valence-electron chi connectivity index (χ2n) is 5.24. The van der Waals surface area contributed by atoms with Crippen LogP contribution in [-0.2, 0) is 11.3 Å². The summed E-state index contributed by atoms with van der Waals surface area (Å²) < 4.78 is 6.26. The first-order chi connectivity index (χ1) is 11.8. The summed E-state index contributed by atoms with van der Waals surface area (Å²) in [6, 6.07) is 3.91. The highest BCUT2D eigenvalue weighted by molar-refractivity contribution is 5.92. The normalized spacial score (nSPS) is 11.6. The molecular formula is C14H15N5O6. The number of anilines is 1. The maximum atomic E-state index is 12.2. The summed E-state index contributed by atoms with van der Waals surface area (Å²) in [6.45, 7) is 1.73. The Balaban J connectivity index is 2.08. The number of methoxy groups -OCH3 is 1. The molecule has 0 spiro atoms. The Labute approximate surface area is 141 Å². The zero-order valence-electron chi connectivity index (χ0n) is 13.4. The van der Waals surface area contributed by atoms with Gasteiger partial charge in [-0.1, -0.05) is 6.92 Å². The number of aromatic nitrogens is 2. The lowest BCUT2D eigenvalue weighted by Gasteiger charge is -2.12. The van der Waals surface area contributed by atoms with E-state index in [1.807, 2.05) is 0 Å². The van der Waals surface area contributed by atoms with Crippen LogP contribution in [0.5, 0.6) is 5.75 Å². The third kappa shape index (κ3) is 4.50. The summed E-state index contributed by atoms with van der Waals surface area (Å²) in [4.78, 5) is 32.6.